The fourth-order valence-electron chi connectivity index (χ4n) is 2.09. The number of hydrogen-bond donors (Lipinski definition) is 2. The molecule has 0 unspecified atom stereocenters. The Balaban J connectivity index is 1.58. The van der Waals surface area contributed by atoms with Gasteiger partial charge in [-0.25, -0.2) is 0 Å². The Morgan fingerprint density at radius 1 is 1.36 bits per heavy atom. The van der Waals surface area contributed by atoms with Crippen LogP contribution in [-0.4, -0.2) is 43.8 Å². The van der Waals surface area contributed by atoms with Gasteiger partial charge in [0.2, 0.25) is 0 Å². The zero-order valence-electron chi connectivity index (χ0n) is 13.6. The second-order valence-electron chi connectivity index (χ2n) is 5.63. The van der Waals surface area contributed by atoms with E-state index in [1.54, 1.807) is 0 Å². The number of guanidine groups is 1. The maximum Gasteiger partial charge on any atom is 0.191 e. The van der Waals surface area contributed by atoms with Crippen LogP contribution < -0.4 is 10.6 Å². The van der Waals surface area contributed by atoms with Crippen LogP contribution in [0.5, 0.6) is 0 Å². The number of aromatic nitrogens is 1. The normalized spacial score (nSPS) is 14.9. The lowest BCUT2D eigenvalue weighted by Crippen LogP contribution is -2.38. The third kappa shape index (κ3) is 7.41. The van der Waals surface area contributed by atoms with Crippen LogP contribution >= 0.6 is 0 Å². The van der Waals surface area contributed by atoms with Crippen molar-refractivity contribution in [3.8, 4) is 0 Å². The van der Waals surface area contributed by atoms with Gasteiger partial charge in [0.15, 0.2) is 5.96 Å². The summed E-state index contributed by atoms with van der Waals surface area (Å²) in [6.07, 6.45) is 6.40. The highest BCUT2D eigenvalue weighted by Gasteiger charge is 2.20. The third-order valence-electron chi connectivity index (χ3n) is 3.51. The quantitative estimate of drug-likeness (QED) is 0.394. The topological polar surface area (TPSA) is 58.5 Å². The van der Waals surface area contributed by atoms with Gasteiger partial charge in [-0.15, -0.1) is 0 Å². The summed E-state index contributed by atoms with van der Waals surface area (Å²) in [5, 5.41) is 6.61. The minimum atomic E-state index is 0.795. The molecule has 0 atom stereocenters. The Labute approximate surface area is 133 Å². The third-order valence-corrected chi connectivity index (χ3v) is 3.51. The first-order valence-electron chi connectivity index (χ1n) is 8.38. The molecule has 1 aliphatic carbocycles. The Bertz CT molecular complexity index is 432. The zero-order chi connectivity index (χ0) is 15.5. The average Bonchev–Trinajstić information content (AvgIpc) is 3.36. The van der Waals surface area contributed by atoms with Crippen molar-refractivity contribution in [2.24, 2.45) is 10.9 Å². The van der Waals surface area contributed by atoms with Crippen LogP contribution in [-0.2, 0) is 11.2 Å². The van der Waals surface area contributed by atoms with Crippen LogP contribution in [0.1, 0.15) is 31.9 Å². The molecule has 1 saturated carbocycles. The first-order chi connectivity index (χ1) is 10.9. The molecule has 0 amide bonds. The predicted molar refractivity (Wildman–Crippen MR) is 90.1 cm³/mol. The summed E-state index contributed by atoms with van der Waals surface area (Å²) in [5.74, 6) is 1.72. The maximum atomic E-state index is 5.62. The molecule has 122 valence electrons. The second-order valence-corrected chi connectivity index (χ2v) is 5.63. The zero-order valence-corrected chi connectivity index (χ0v) is 13.6. The minimum Gasteiger partial charge on any atom is -0.381 e. The Kier molecular flexibility index (Phi) is 7.74. The molecule has 0 radical (unpaired) electrons. The lowest BCUT2D eigenvalue weighted by Gasteiger charge is -2.11. The number of hydrogen-bond acceptors (Lipinski definition) is 3. The number of nitrogens with zero attached hydrogens (tertiary/aromatic N) is 2. The van der Waals surface area contributed by atoms with E-state index in [1.165, 1.54) is 12.8 Å². The van der Waals surface area contributed by atoms with Crippen molar-refractivity contribution in [3.05, 3.63) is 30.1 Å². The number of pyridine rings is 1. The molecule has 0 aromatic carbocycles. The molecule has 0 spiro atoms. The SMILES string of the molecule is CCNC(=NCCCOCC1CC1)NCCc1ccccn1. The van der Waals surface area contributed by atoms with Gasteiger partial charge in [0.1, 0.15) is 0 Å². The number of nitrogens with one attached hydrogen (secondary N) is 2. The molecule has 1 aromatic heterocycles. The van der Waals surface area contributed by atoms with Crippen molar-refractivity contribution in [2.45, 2.75) is 32.6 Å². The lowest BCUT2D eigenvalue weighted by molar-refractivity contribution is 0.123. The molecule has 5 nitrogen and oxygen atoms in total. The van der Waals surface area contributed by atoms with Crippen LogP contribution in [0.4, 0.5) is 0 Å². The van der Waals surface area contributed by atoms with Crippen molar-refractivity contribution < 1.29 is 4.74 Å². The molecule has 22 heavy (non-hydrogen) atoms. The second kappa shape index (κ2) is 10.2. The van der Waals surface area contributed by atoms with Gasteiger partial charge in [-0.3, -0.25) is 9.98 Å². The summed E-state index contributed by atoms with van der Waals surface area (Å²) in [7, 11) is 0. The Morgan fingerprint density at radius 2 is 2.27 bits per heavy atom. The van der Waals surface area contributed by atoms with E-state index in [4.69, 9.17) is 4.74 Å². The van der Waals surface area contributed by atoms with E-state index in [1.807, 2.05) is 24.4 Å². The van der Waals surface area contributed by atoms with E-state index in [9.17, 15) is 0 Å². The largest absolute Gasteiger partial charge is 0.381 e. The van der Waals surface area contributed by atoms with Crippen LogP contribution in [0, 0.1) is 5.92 Å². The smallest absolute Gasteiger partial charge is 0.191 e. The molecular formula is C17H28N4O. The van der Waals surface area contributed by atoms with Gasteiger partial charge >= 0.3 is 0 Å². The standard InChI is InChI=1S/C17H28N4O/c1-2-18-17(20-11-5-13-22-14-15-7-8-15)21-12-9-16-6-3-4-10-19-16/h3-4,6,10,15H,2,5,7-9,11-14H2,1H3,(H2,18,20,21). The summed E-state index contributed by atoms with van der Waals surface area (Å²) in [6, 6.07) is 6.00. The van der Waals surface area contributed by atoms with Crippen LogP contribution in [0.25, 0.3) is 0 Å². The van der Waals surface area contributed by atoms with Crippen molar-refractivity contribution in [1.82, 2.24) is 15.6 Å². The molecule has 2 rings (SSSR count). The van der Waals surface area contributed by atoms with E-state index >= 15 is 0 Å². The molecule has 1 aliphatic rings. The number of ether oxygens (including phenoxy) is 1. The highest BCUT2D eigenvalue weighted by molar-refractivity contribution is 5.79. The van der Waals surface area contributed by atoms with Crippen molar-refractivity contribution in [1.29, 1.82) is 0 Å². The van der Waals surface area contributed by atoms with E-state index in [-0.39, 0.29) is 0 Å². The van der Waals surface area contributed by atoms with E-state index in [0.717, 1.165) is 63.3 Å². The molecule has 1 aromatic rings. The van der Waals surface area contributed by atoms with Gasteiger partial charge in [-0.2, -0.15) is 0 Å². The van der Waals surface area contributed by atoms with Crippen molar-refractivity contribution in [3.63, 3.8) is 0 Å². The fourth-order valence-corrected chi connectivity index (χ4v) is 2.09. The van der Waals surface area contributed by atoms with Crippen LogP contribution in [0.15, 0.2) is 29.4 Å². The summed E-state index contributed by atoms with van der Waals surface area (Å²) >= 11 is 0. The summed E-state index contributed by atoms with van der Waals surface area (Å²) in [6.45, 7) is 6.33. The first kappa shape index (κ1) is 16.7. The van der Waals surface area contributed by atoms with Crippen LogP contribution in [0.2, 0.25) is 0 Å². The maximum absolute atomic E-state index is 5.62. The molecule has 1 fully saturated rings. The van der Waals surface area contributed by atoms with Gasteiger partial charge in [0, 0.05) is 51.2 Å². The summed E-state index contributed by atoms with van der Waals surface area (Å²) in [5.41, 5.74) is 1.10. The first-order valence-corrected chi connectivity index (χ1v) is 8.38. The molecule has 1 heterocycles. The van der Waals surface area contributed by atoms with Crippen molar-refractivity contribution >= 4 is 5.96 Å². The highest BCUT2D eigenvalue weighted by atomic mass is 16.5. The van der Waals surface area contributed by atoms with Crippen molar-refractivity contribution in [2.75, 3.05) is 32.8 Å². The van der Waals surface area contributed by atoms with E-state index in [0.29, 0.717) is 0 Å². The summed E-state index contributed by atoms with van der Waals surface area (Å²) in [4.78, 5) is 8.89. The van der Waals surface area contributed by atoms with Gasteiger partial charge in [0.05, 0.1) is 0 Å². The Hall–Kier alpha value is -1.62. The Morgan fingerprint density at radius 3 is 3.00 bits per heavy atom. The van der Waals surface area contributed by atoms with Crippen LogP contribution in [0.3, 0.4) is 0 Å². The monoisotopic (exact) mass is 304 g/mol. The predicted octanol–water partition coefficient (Wildman–Crippen LogP) is 2.00. The van der Waals surface area contributed by atoms with Gasteiger partial charge in [-0.1, -0.05) is 6.07 Å². The minimum absolute atomic E-state index is 0.795. The number of aliphatic imine (C=N–C) groups is 1. The molecular weight excluding hydrogens is 276 g/mol. The molecule has 0 aliphatic heterocycles. The van der Waals surface area contributed by atoms with Gasteiger partial charge in [0.25, 0.3) is 0 Å². The molecule has 5 heteroatoms. The molecule has 2 N–H and O–H groups in total. The van der Waals surface area contributed by atoms with E-state index < -0.39 is 0 Å². The molecule has 0 bridgehead atoms. The molecule has 0 saturated heterocycles. The fraction of sp³-hybridized carbons (Fsp3) is 0.647. The number of rotatable bonds is 10. The van der Waals surface area contributed by atoms with E-state index in [2.05, 4.69) is 27.5 Å². The van der Waals surface area contributed by atoms with Gasteiger partial charge in [-0.05, 0) is 44.2 Å². The summed E-state index contributed by atoms with van der Waals surface area (Å²) < 4.78 is 5.62. The van der Waals surface area contributed by atoms with Gasteiger partial charge < -0.3 is 15.4 Å². The average molecular weight is 304 g/mol. The highest BCUT2D eigenvalue weighted by Crippen LogP contribution is 2.28. The lowest BCUT2D eigenvalue weighted by atomic mass is 10.3.